The van der Waals surface area contributed by atoms with E-state index < -0.39 is 5.97 Å². The summed E-state index contributed by atoms with van der Waals surface area (Å²) in [7, 11) is 1.60. The highest BCUT2D eigenvalue weighted by Crippen LogP contribution is 2.15. The highest BCUT2D eigenvalue weighted by Gasteiger charge is 2.11. The molecule has 84 valence electrons. The maximum Gasteiger partial charge on any atom is 0.356 e. The summed E-state index contributed by atoms with van der Waals surface area (Å²) in [5.41, 5.74) is 0.846. The van der Waals surface area contributed by atoms with Gasteiger partial charge >= 0.3 is 5.97 Å². The third-order valence-corrected chi connectivity index (χ3v) is 2.37. The van der Waals surface area contributed by atoms with E-state index in [0.29, 0.717) is 5.78 Å². The van der Waals surface area contributed by atoms with E-state index in [1.165, 1.54) is 6.20 Å². The van der Waals surface area contributed by atoms with Crippen LogP contribution in [0.1, 0.15) is 29.1 Å². The van der Waals surface area contributed by atoms with Crippen LogP contribution in [0.5, 0.6) is 0 Å². The number of aromatic carboxylic acids is 1. The number of carboxylic acids is 1. The third kappa shape index (κ3) is 1.74. The molecule has 0 fully saturated rings. The third-order valence-electron chi connectivity index (χ3n) is 2.37. The number of nitrogens with zero attached hydrogens (tertiary/aromatic N) is 3. The number of methoxy groups -OCH3 is 1. The SMILES string of the molecule is COC(C)c1cnc2nc(C(=O)O)cn2c1. The van der Waals surface area contributed by atoms with Crippen molar-refractivity contribution in [2.45, 2.75) is 13.0 Å². The fourth-order valence-corrected chi connectivity index (χ4v) is 1.35. The number of aromatic nitrogens is 3. The maximum absolute atomic E-state index is 10.7. The highest BCUT2D eigenvalue weighted by atomic mass is 16.5. The van der Waals surface area contributed by atoms with Gasteiger partial charge in [-0.25, -0.2) is 14.8 Å². The molecule has 0 amide bonds. The lowest BCUT2D eigenvalue weighted by Gasteiger charge is -2.08. The molecule has 0 aliphatic rings. The summed E-state index contributed by atoms with van der Waals surface area (Å²) >= 11 is 0. The Hall–Kier alpha value is -1.95. The number of ether oxygens (including phenoxy) is 1. The van der Waals surface area contributed by atoms with Crippen molar-refractivity contribution in [2.75, 3.05) is 7.11 Å². The smallest absolute Gasteiger partial charge is 0.356 e. The molecule has 2 aromatic heterocycles. The van der Waals surface area contributed by atoms with Crippen molar-refractivity contribution < 1.29 is 14.6 Å². The van der Waals surface area contributed by atoms with Gasteiger partial charge in [0.2, 0.25) is 5.78 Å². The normalized spacial score (nSPS) is 12.9. The summed E-state index contributed by atoms with van der Waals surface area (Å²) in [5, 5.41) is 8.78. The lowest BCUT2D eigenvalue weighted by Crippen LogP contribution is -1.99. The Labute approximate surface area is 91.5 Å². The summed E-state index contributed by atoms with van der Waals surface area (Å²) in [6, 6.07) is 0. The number of imidazole rings is 1. The zero-order valence-electron chi connectivity index (χ0n) is 8.91. The first-order chi connectivity index (χ1) is 7.61. The van der Waals surface area contributed by atoms with Crippen LogP contribution in [-0.4, -0.2) is 32.6 Å². The summed E-state index contributed by atoms with van der Waals surface area (Å²) < 4.78 is 6.73. The minimum Gasteiger partial charge on any atom is -0.476 e. The van der Waals surface area contributed by atoms with Gasteiger partial charge in [0, 0.05) is 31.3 Å². The first kappa shape index (κ1) is 10.6. The van der Waals surface area contributed by atoms with Crippen LogP contribution in [0.4, 0.5) is 0 Å². The van der Waals surface area contributed by atoms with Crippen molar-refractivity contribution in [3.8, 4) is 0 Å². The molecule has 0 aliphatic heterocycles. The second kappa shape index (κ2) is 3.90. The van der Waals surface area contributed by atoms with Gasteiger partial charge in [-0.1, -0.05) is 0 Å². The zero-order chi connectivity index (χ0) is 11.7. The Bertz CT molecular complexity index is 535. The van der Waals surface area contributed by atoms with Gasteiger partial charge < -0.3 is 9.84 Å². The first-order valence-electron chi connectivity index (χ1n) is 4.72. The topological polar surface area (TPSA) is 76.7 Å². The Kier molecular flexibility index (Phi) is 2.57. The molecular formula is C10H11N3O3. The zero-order valence-corrected chi connectivity index (χ0v) is 8.91. The van der Waals surface area contributed by atoms with Crippen LogP contribution in [0.15, 0.2) is 18.6 Å². The number of carbonyl (C=O) groups is 1. The monoisotopic (exact) mass is 221 g/mol. The Balaban J connectivity index is 2.49. The molecule has 6 heteroatoms. The molecule has 1 atom stereocenters. The summed E-state index contributed by atoms with van der Waals surface area (Å²) in [4.78, 5) is 18.6. The molecule has 0 radical (unpaired) electrons. The summed E-state index contributed by atoms with van der Waals surface area (Å²) in [6.45, 7) is 1.89. The Morgan fingerprint density at radius 1 is 1.56 bits per heavy atom. The molecule has 2 rings (SSSR count). The predicted molar refractivity (Wildman–Crippen MR) is 55.4 cm³/mol. The molecule has 0 aliphatic carbocycles. The van der Waals surface area contributed by atoms with Gasteiger partial charge in [0.05, 0.1) is 6.10 Å². The van der Waals surface area contributed by atoms with Gasteiger partial charge in [0.25, 0.3) is 0 Å². The van der Waals surface area contributed by atoms with Gasteiger partial charge in [-0.2, -0.15) is 0 Å². The molecule has 0 saturated carbocycles. The van der Waals surface area contributed by atoms with E-state index in [4.69, 9.17) is 9.84 Å². The first-order valence-corrected chi connectivity index (χ1v) is 4.72. The van der Waals surface area contributed by atoms with Crippen LogP contribution in [0.3, 0.4) is 0 Å². The van der Waals surface area contributed by atoms with E-state index in [9.17, 15) is 4.79 Å². The van der Waals surface area contributed by atoms with E-state index in [1.807, 2.05) is 6.92 Å². The van der Waals surface area contributed by atoms with Crippen molar-refractivity contribution in [3.05, 3.63) is 29.8 Å². The second-order valence-corrected chi connectivity index (χ2v) is 3.40. The van der Waals surface area contributed by atoms with Crippen LogP contribution in [0.2, 0.25) is 0 Å². The standard InChI is InChI=1S/C10H11N3O3/c1-6(16-2)7-3-11-10-12-8(9(14)15)5-13(10)4-7/h3-6H,1-2H3,(H,14,15). The van der Waals surface area contributed by atoms with E-state index in [-0.39, 0.29) is 11.8 Å². The van der Waals surface area contributed by atoms with Crippen LogP contribution in [-0.2, 0) is 4.74 Å². The minimum absolute atomic E-state index is 0.0188. The average molecular weight is 221 g/mol. The fourth-order valence-electron chi connectivity index (χ4n) is 1.35. The van der Waals surface area contributed by atoms with Crippen LogP contribution in [0, 0.1) is 0 Å². The summed E-state index contributed by atoms with van der Waals surface area (Å²) in [6.07, 6.45) is 4.72. The Morgan fingerprint density at radius 2 is 2.31 bits per heavy atom. The van der Waals surface area contributed by atoms with Gasteiger partial charge in [0.1, 0.15) is 0 Å². The van der Waals surface area contributed by atoms with Gasteiger partial charge in [-0.15, -0.1) is 0 Å². The molecule has 6 nitrogen and oxygen atoms in total. The number of carboxylic acid groups (broad SMARTS) is 1. The number of hydrogen-bond acceptors (Lipinski definition) is 4. The molecule has 2 aromatic rings. The maximum atomic E-state index is 10.7. The van der Waals surface area contributed by atoms with Gasteiger partial charge in [0.15, 0.2) is 5.69 Å². The average Bonchev–Trinajstić information content (AvgIpc) is 2.70. The highest BCUT2D eigenvalue weighted by molar-refractivity contribution is 5.85. The second-order valence-electron chi connectivity index (χ2n) is 3.40. The molecular weight excluding hydrogens is 210 g/mol. The molecule has 2 heterocycles. The largest absolute Gasteiger partial charge is 0.476 e. The molecule has 0 spiro atoms. The Morgan fingerprint density at radius 3 is 2.94 bits per heavy atom. The lowest BCUT2D eigenvalue weighted by molar-refractivity contribution is 0.0691. The van der Waals surface area contributed by atoms with Crippen LogP contribution < -0.4 is 0 Å². The van der Waals surface area contributed by atoms with Crippen molar-refractivity contribution in [2.24, 2.45) is 0 Å². The molecule has 0 aromatic carbocycles. The summed E-state index contributed by atoms with van der Waals surface area (Å²) in [5.74, 6) is -0.698. The van der Waals surface area contributed by atoms with E-state index in [1.54, 1.807) is 23.9 Å². The molecule has 0 saturated heterocycles. The van der Waals surface area contributed by atoms with Crippen LogP contribution in [0.25, 0.3) is 5.78 Å². The van der Waals surface area contributed by atoms with E-state index in [0.717, 1.165) is 5.56 Å². The van der Waals surface area contributed by atoms with Gasteiger partial charge in [-0.3, -0.25) is 4.40 Å². The predicted octanol–water partition coefficient (Wildman–Crippen LogP) is 1.13. The molecule has 1 unspecified atom stereocenters. The van der Waals surface area contributed by atoms with E-state index in [2.05, 4.69) is 9.97 Å². The fraction of sp³-hybridized carbons (Fsp3) is 0.300. The van der Waals surface area contributed by atoms with Crippen LogP contribution >= 0.6 is 0 Å². The van der Waals surface area contributed by atoms with Crippen molar-refractivity contribution >= 4 is 11.7 Å². The molecule has 0 bridgehead atoms. The van der Waals surface area contributed by atoms with E-state index >= 15 is 0 Å². The van der Waals surface area contributed by atoms with Crippen molar-refractivity contribution in [3.63, 3.8) is 0 Å². The lowest BCUT2D eigenvalue weighted by atomic mass is 10.2. The quantitative estimate of drug-likeness (QED) is 0.840. The molecule has 1 N–H and O–H groups in total. The molecule has 16 heavy (non-hydrogen) atoms. The van der Waals surface area contributed by atoms with Gasteiger partial charge in [-0.05, 0) is 6.92 Å². The minimum atomic E-state index is -1.06. The number of hydrogen-bond donors (Lipinski definition) is 1. The number of rotatable bonds is 3. The number of fused-ring (bicyclic) bond motifs is 1. The van der Waals surface area contributed by atoms with Crippen molar-refractivity contribution in [1.29, 1.82) is 0 Å². The van der Waals surface area contributed by atoms with Crippen molar-refractivity contribution in [1.82, 2.24) is 14.4 Å².